The molecule has 3 rings (SSSR count). The number of carbonyl (C=O) groups excluding carboxylic acids is 1. The lowest BCUT2D eigenvalue weighted by Gasteiger charge is -2.37. The van der Waals surface area contributed by atoms with E-state index in [1.54, 1.807) is 12.3 Å². The molecule has 0 saturated carbocycles. The van der Waals surface area contributed by atoms with Crippen molar-refractivity contribution in [1.82, 2.24) is 9.29 Å². The molecule has 1 saturated heterocycles. The number of ketones is 1. The van der Waals surface area contributed by atoms with Crippen LogP contribution < -0.4 is 4.74 Å². The molecule has 0 spiro atoms. The number of Topliss-reactive ketones (excluding diaryl/α,β-unsaturated/α-hetero) is 1. The van der Waals surface area contributed by atoms with Crippen LogP contribution in [-0.2, 0) is 10.0 Å². The minimum Gasteiger partial charge on any atom is -0.471 e. The lowest BCUT2D eigenvalue weighted by molar-refractivity contribution is 0.0713. The first-order valence-electron chi connectivity index (χ1n) is 7.26. The van der Waals surface area contributed by atoms with E-state index in [4.69, 9.17) is 4.74 Å². The minimum absolute atomic E-state index is 0.0997. The van der Waals surface area contributed by atoms with E-state index >= 15 is 0 Å². The van der Waals surface area contributed by atoms with Gasteiger partial charge in [0, 0.05) is 11.8 Å². The van der Waals surface area contributed by atoms with Crippen LogP contribution in [0.5, 0.6) is 5.88 Å². The number of hydrogen-bond acceptors (Lipinski definition) is 5. The average Bonchev–Trinajstić information content (AvgIpc) is 2.52. The Kier molecular flexibility index (Phi) is 4.71. The maximum absolute atomic E-state index is 12.5. The van der Waals surface area contributed by atoms with Crippen LogP contribution in [0.2, 0.25) is 0 Å². The first-order chi connectivity index (χ1) is 11.4. The summed E-state index contributed by atoms with van der Waals surface area (Å²) in [7, 11) is -3.57. The van der Waals surface area contributed by atoms with Crippen LogP contribution in [-0.4, -0.2) is 42.7 Å². The van der Waals surface area contributed by atoms with Crippen molar-refractivity contribution in [2.75, 3.05) is 13.1 Å². The molecule has 2 aromatic rings. The topological polar surface area (TPSA) is 76.6 Å². The molecule has 0 atom stereocenters. The Labute approximate surface area is 148 Å². The van der Waals surface area contributed by atoms with Crippen molar-refractivity contribution >= 4 is 31.7 Å². The maximum Gasteiger partial charge on any atom is 0.243 e. The Bertz CT molecular complexity index is 862. The molecule has 0 aliphatic carbocycles. The molecule has 6 nitrogen and oxygen atoms in total. The molecule has 0 unspecified atom stereocenters. The number of sulfonamides is 1. The molecular weight excluding hydrogens is 396 g/mol. The normalized spacial score (nSPS) is 15.8. The van der Waals surface area contributed by atoms with Gasteiger partial charge in [-0.3, -0.25) is 4.79 Å². The number of rotatable bonds is 5. The fraction of sp³-hybridized carbons (Fsp3) is 0.250. The van der Waals surface area contributed by atoms with Crippen molar-refractivity contribution in [1.29, 1.82) is 0 Å². The predicted molar refractivity (Wildman–Crippen MR) is 91.6 cm³/mol. The van der Waals surface area contributed by atoms with Crippen LogP contribution in [0.4, 0.5) is 0 Å². The second-order valence-electron chi connectivity index (χ2n) is 5.43. The van der Waals surface area contributed by atoms with E-state index < -0.39 is 10.0 Å². The van der Waals surface area contributed by atoms with Crippen molar-refractivity contribution in [3.8, 4) is 5.88 Å². The number of carbonyl (C=O) groups is 1. The molecule has 1 aliphatic heterocycles. The van der Waals surface area contributed by atoms with Gasteiger partial charge in [-0.25, -0.2) is 13.4 Å². The zero-order chi connectivity index (χ0) is 17.3. The van der Waals surface area contributed by atoms with Gasteiger partial charge in [0.15, 0.2) is 5.78 Å². The van der Waals surface area contributed by atoms with Crippen LogP contribution in [0.1, 0.15) is 17.3 Å². The smallest absolute Gasteiger partial charge is 0.243 e. The predicted octanol–water partition coefficient (Wildman–Crippen LogP) is 2.50. The summed E-state index contributed by atoms with van der Waals surface area (Å²) in [6.07, 6.45) is 1.38. The third kappa shape index (κ3) is 3.35. The first-order valence-corrected chi connectivity index (χ1v) is 9.49. The van der Waals surface area contributed by atoms with E-state index in [2.05, 4.69) is 20.9 Å². The number of nitrogens with zero attached hydrogens (tertiary/aromatic N) is 2. The van der Waals surface area contributed by atoms with Crippen LogP contribution in [0, 0.1) is 0 Å². The zero-order valence-corrected chi connectivity index (χ0v) is 15.2. The average molecular weight is 411 g/mol. The standard InChI is InChI=1S/C16H15BrN2O4S/c1-11(20)12-4-6-14(7-5-12)24(21,22)19-9-13(10-19)23-16-15(17)3-2-8-18-16/h2-8,13H,9-10H2,1H3. The van der Waals surface area contributed by atoms with Gasteiger partial charge in [-0.1, -0.05) is 12.1 Å². The van der Waals surface area contributed by atoms with Crippen molar-refractivity contribution in [2.24, 2.45) is 0 Å². The van der Waals surface area contributed by atoms with Gasteiger partial charge in [0.1, 0.15) is 6.10 Å². The Balaban J connectivity index is 1.66. The van der Waals surface area contributed by atoms with E-state index in [1.165, 1.54) is 35.5 Å². The number of pyridine rings is 1. The largest absolute Gasteiger partial charge is 0.471 e. The summed E-state index contributed by atoms with van der Waals surface area (Å²) in [5, 5.41) is 0. The van der Waals surface area contributed by atoms with E-state index in [9.17, 15) is 13.2 Å². The van der Waals surface area contributed by atoms with Crippen molar-refractivity contribution in [3.05, 3.63) is 52.6 Å². The van der Waals surface area contributed by atoms with Crippen molar-refractivity contribution in [3.63, 3.8) is 0 Å². The van der Waals surface area contributed by atoms with Crippen LogP contribution >= 0.6 is 15.9 Å². The molecule has 8 heteroatoms. The second kappa shape index (κ2) is 6.62. The van der Waals surface area contributed by atoms with Crippen LogP contribution in [0.3, 0.4) is 0 Å². The van der Waals surface area contributed by atoms with Crippen LogP contribution in [0.15, 0.2) is 52.0 Å². The van der Waals surface area contributed by atoms with Gasteiger partial charge in [-0.15, -0.1) is 0 Å². The number of aromatic nitrogens is 1. The Morgan fingerprint density at radius 3 is 2.50 bits per heavy atom. The fourth-order valence-electron chi connectivity index (χ4n) is 2.30. The molecule has 1 fully saturated rings. The van der Waals surface area contributed by atoms with Gasteiger partial charge < -0.3 is 4.74 Å². The number of ether oxygens (including phenoxy) is 1. The number of benzene rings is 1. The van der Waals surface area contributed by atoms with Crippen molar-refractivity contribution < 1.29 is 17.9 Å². The van der Waals surface area contributed by atoms with Crippen molar-refractivity contribution in [2.45, 2.75) is 17.9 Å². The minimum atomic E-state index is -3.57. The Morgan fingerprint density at radius 1 is 1.25 bits per heavy atom. The summed E-state index contributed by atoms with van der Waals surface area (Å²) in [6.45, 7) is 1.97. The summed E-state index contributed by atoms with van der Waals surface area (Å²) < 4.78 is 32.8. The maximum atomic E-state index is 12.5. The summed E-state index contributed by atoms with van der Waals surface area (Å²) in [6, 6.07) is 9.54. The molecule has 1 aliphatic rings. The van der Waals surface area contributed by atoms with E-state index in [0.29, 0.717) is 11.4 Å². The SMILES string of the molecule is CC(=O)c1ccc(S(=O)(=O)N2CC(Oc3ncccc3Br)C2)cc1. The third-order valence-corrected chi connectivity index (χ3v) is 6.17. The van der Waals surface area contributed by atoms with E-state index in [0.717, 1.165) is 4.47 Å². The van der Waals surface area contributed by atoms with Gasteiger partial charge in [-0.2, -0.15) is 4.31 Å². The van der Waals surface area contributed by atoms with Gasteiger partial charge in [0.2, 0.25) is 15.9 Å². The zero-order valence-electron chi connectivity index (χ0n) is 12.8. The van der Waals surface area contributed by atoms with Gasteiger partial charge in [-0.05, 0) is 47.1 Å². The summed E-state index contributed by atoms with van der Waals surface area (Å²) >= 11 is 3.34. The molecule has 1 aromatic heterocycles. The molecule has 0 amide bonds. The van der Waals surface area contributed by atoms with Gasteiger partial charge >= 0.3 is 0 Å². The monoisotopic (exact) mass is 410 g/mol. The highest BCUT2D eigenvalue weighted by Gasteiger charge is 2.38. The van der Waals surface area contributed by atoms with Crippen LogP contribution in [0.25, 0.3) is 0 Å². The molecule has 0 bridgehead atoms. The fourth-order valence-corrected chi connectivity index (χ4v) is 4.15. The molecule has 24 heavy (non-hydrogen) atoms. The third-order valence-electron chi connectivity index (χ3n) is 3.72. The molecule has 0 N–H and O–H groups in total. The lowest BCUT2D eigenvalue weighted by atomic mass is 10.2. The quantitative estimate of drug-likeness (QED) is 0.707. The molecular formula is C16H15BrN2O4S. The highest BCUT2D eigenvalue weighted by molar-refractivity contribution is 9.10. The molecule has 2 heterocycles. The second-order valence-corrected chi connectivity index (χ2v) is 8.23. The Hall–Kier alpha value is -1.77. The summed E-state index contributed by atoms with van der Waals surface area (Å²) in [4.78, 5) is 15.5. The van der Waals surface area contributed by atoms with Gasteiger partial charge in [0.05, 0.1) is 22.5 Å². The number of hydrogen-bond donors (Lipinski definition) is 0. The van der Waals surface area contributed by atoms with E-state index in [1.807, 2.05) is 6.07 Å². The van der Waals surface area contributed by atoms with E-state index in [-0.39, 0.29) is 29.9 Å². The van der Waals surface area contributed by atoms with Gasteiger partial charge in [0.25, 0.3) is 0 Å². The highest BCUT2D eigenvalue weighted by Crippen LogP contribution is 2.27. The summed E-state index contributed by atoms with van der Waals surface area (Å²) in [5.74, 6) is 0.350. The lowest BCUT2D eigenvalue weighted by Crippen LogP contribution is -2.56. The summed E-state index contributed by atoms with van der Waals surface area (Å²) in [5.41, 5.74) is 0.485. The first kappa shape index (κ1) is 17.1. The molecule has 1 aromatic carbocycles. The highest BCUT2D eigenvalue weighted by atomic mass is 79.9. The molecule has 126 valence electrons. The molecule has 0 radical (unpaired) electrons. The number of halogens is 1. The Morgan fingerprint density at radius 2 is 1.92 bits per heavy atom.